The number of fused-ring (bicyclic) bond motifs is 1. The fraction of sp³-hybridized carbons (Fsp3) is 1.00. The van der Waals surface area contributed by atoms with E-state index in [-0.39, 0.29) is 18.0 Å². The summed E-state index contributed by atoms with van der Waals surface area (Å²) >= 11 is 0. The number of hydrogen-bond acceptors (Lipinski definition) is 3. The Morgan fingerprint density at radius 2 is 1.60 bits per heavy atom. The summed E-state index contributed by atoms with van der Waals surface area (Å²) in [5, 5.41) is 0. The quantitative estimate of drug-likeness (QED) is 0.496. The van der Waals surface area contributed by atoms with Crippen molar-refractivity contribution < 1.29 is 14.2 Å². The summed E-state index contributed by atoms with van der Waals surface area (Å²) in [4.78, 5) is 0. The van der Waals surface area contributed by atoms with Crippen LogP contribution in [-0.2, 0) is 14.2 Å². The Hall–Kier alpha value is -0.120. The van der Waals surface area contributed by atoms with Crippen molar-refractivity contribution in [3.8, 4) is 0 Å². The van der Waals surface area contributed by atoms with Gasteiger partial charge in [0.25, 0.3) is 0 Å². The standard InChI is InChI=1S/C7H12O3/c1-7(2)9-5-3-8-4-6(5)10-7/h5-6H,3-4H2,1-2H3/t5-,6-/m1/s1. The monoisotopic (exact) mass is 144 g/mol. The Labute approximate surface area is 60.3 Å². The van der Waals surface area contributed by atoms with Crippen LogP contribution < -0.4 is 0 Å². The predicted molar refractivity (Wildman–Crippen MR) is 34.6 cm³/mol. The number of rotatable bonds is 0. The van der Waals surface area contributed by atoms with Gasteiger partial charge in [0, 0.05) is 0 Å². The first-order valence-corrected chi connectivity index (χ1v) is 3.61. The third-order valence-corrected chi connectivity index (χ3v) is 1.85. The van der Waals surface area contributed by atoms with Gasteiger partial charge in [-0.2, -0.15) is 0 Å². The van der Waals surface area contributed by atoms with Crippen LogP contribution in [0.5, 0.6) is 0 Å². The van der Waals surface area contributed by atoms with Gasteiger partial charge in [0.2, 0.25) is 0 Å². The Morgan fingerprint density at radius 3 is 2.10 bits per heavy atom. The zero-order chi connectivity index (χ0) is 7.19. The van der Waals surface area contributed by atoms with Gasteiger partial charge in [-0.05, 0) is 13.8 Å². The van der Waals surface area contributed by atoms with Crippen LogP contribution in [0.3, 0.4) is 0 Å². The fourth-order valence-electron chi connectivity index (χ4n) is 1.49. The van der Waals surface area contributed by atoms with Crippen LogP contribution in [0.4, 0.5) is 0 Å². The average Bonchev–Trinajstić information content (AvgIpc) is 2.20. The molecule has 0 amide bonds. The highest BCUT2D eigenvalue weighted by Gasteiger charge is 2.44. The largest absolute Gasteiger partial charge is 0.376 e. The van der Waals surface area contributed by atoms with E-state index >= 15 is 0 Å². The lowest BCUT2D eigenvalue weighted by atomic mass is 10.3. The van der Waals surface area contributed by atoms with E-state index in [1.54, 1.807) is 0 Å². The molecule has 2 heterocycles. The van der Waals surface area contributed by atoms with Gasteiger partial charge in [0.05, 0.1) is 13.2 Å². The highest BCUT2D eigenvalue weighted by molar-refractivity contribution is 4.84. The maximum absolute atomic E-state index is 5.53. The van der Waals surface area contributed by atoms with E-state index in [0.29, 0.717) is 13.2 Å². The second-order valence-corrected chi connectivity index (χ2v) is 3.25. The van der Waals surface area contributed by atoms with Gasteiger partial charge in [0.15, 0.2) is 5.79 Å². The predicted octanol–water partition coefficient (Wildman–Crippen LogP) is 0.537. The lowest BCUT2D eigenvalue weighted by Crippen LogP contribution is -2.23. The van der Waals surface area contributed by atoms with Gasteiger partial charge in [-0.1, -0.05) is 0 Å². The molecular formula is C7H12O3. The van der Waals surface area contributed by atoms with Crippen LogP contribution >= 0.6 is 0 Å². The molecule has 0 aromatic heterocycles. The molecule has 0 unspecified atom stereocenters. The van der Waals surface area contributed by atoms with Crippen molar-refractivity contribution in [1.82, 2.24) is 0 Å². The van der Waals surface area contributed by atoms with Crippen molar-refractivity contribution in [1.29, 1.82) is 0 Å². The van der Waals surface area contributed by atoms with Crippen LogP contribution in [0, 0.1) is 0 Å². The second kappa shape index (κ2) is 1.94. The molecule has 2 fully saturated rings. The van der Waals surface area contributed by atoms with Crippen LogP contribution in [0.15, 0.2) is 0 Å². The lowest BCUT2D eigenvalue weighted by Gasteiger charge is -2.17. The molecule has 0 aromatic rings. The van der Waals surface area contributed by atoms with Crippen LogP contribution in [-0.4, -0.2) is 31.2 Å². The smallest absolute Gasteiger partial charge is 0.163 e. The molecule has 2 atom stereocenters. The molecule has 2 saturated heterocycles. The van der Waals surface area contributed by atoms with Gasteiger partial charge in [-0.25, -0.2) is 0 Å². The van der Waals surface area contributed by atoms with Crippen LogP contribution in [0.1, 0.15) is 13.8 Å². The number of hydrogen-bond donors (Lipinski definition) is 0. The third-order valence-electron chi connectivity index (χ3n) is 1.85. The zero-order valence-corrected chi connectivity index (χ0v) is 6.29. The van der Waals surface area contributed by atoms with Gasteiger partial charge in [-0.3, -0.25) is 0 Å². The van der Waals surface area contributed by atoms with Gasteiger partial charge < -0.3 is 14.2 Å². The molecule has 0 bridgehead atoms. The number of ether oxygens (including phenoxy) is 3. The van der Waals surface area contributed by atoms with Crippen molar-refractivity contribution >= 4 is 0 Å². The van der Waals surface area contributed by atoms with E-state index in [2.05, 4.69) is 0 Å². The maximum atomic E-state index is 5.53. The van der Waals surface area contributed by atoms with Crippen molar-refractivity contribution in [2.45, 2.75) is 31.8 Å². The van der Waals surface area contributed by atoms with Gasteiger partial charge >= 0.3 is 0 Å². The third kappa shape index (κ3) is 0.944. The average molecular weight is 144 g/mol. The summed E-state index contributed by atoms with van der Waals surface area (Å²) in [5.41, 5.74) is 0. The Bertz CT molecular complexity index is 130. The topological polar surface area (TPSA) is 27.7 Å². The lowest BCUT2D eigenvalue weighted by molar-refractivity contribution is -0.164. The van der Waals surface area contributed by atoms with E-state index in [4.69, 9.17) is 14.2 Å². The molecular weight excluding hydrogens is 132 g/mol. The van der Waals surface area contributed by atoms with Crippen molar-refractivity contribution in [3.63, 3.8) is 0 Å². The second-order valence-electron chi connectivity index (χ2n) is 3.25. The molecule has 58 valence electrons. The van der Waals surface area contributed by atoms with Crippen molar-refractivity contribution in [2.24, 2.45) is 0 Å². The Kier molecular flexibility index (Phi) is 1.27. The minimum absolute atomic E-state index is 0.176. The molecule has 0 radical (unpaired) electrons. The highest BCUT2D eigenvalue weighted by atomic mass is 16.8. The van der Waals surface area contributed by atoms with E-state index in [9.17, 15) is 0 Å². The molecule has 0 saturated carbocycles. The fourth-order valence-corrected chi connectivity index (χ4v) is 1.49. The van der Waals surface area contributed by atoms with Crippen LogP contribution in [0.25, 0.3) is 0 Å². The molecule has 0 N–H and O–H groups in total. The van der Waals surface area contributed by atoms with Gasteiger partial charge in [0.1, 0.15) is 12.2 Å². The molecule has 0 aromatic carbocycles. The first-order valence-electron chi connectivity index (χ1n) is 3.61. The van der Waals surface area contributed by atoms with E-state index in [1.807, 2.05) is 13.8 Å². The molecule has 3 heteroatoms. The summed E-state index contributed by atoms with van der Waals surface area (Å²) < 4.78 is 16.2. The normalized spacial score (nSPS) is 43.8. The molecule has 0 spiro atoms. The zero-order valence-electron chi connectivity index (χ0n) is 6.29. The minimum Gasteiger partial charge on any atom is -0.376 e. The Balaban J connectivity index is 2.07. The Morgan fingerprint density at radius 1 is 1.10 bits per heavy atom. The molecule has 0 aliphatic carbocycles. The SMILES string of the molecule is CC1(C)O[C@@H]2COC[C@H]2O1. The minimum atomic E-state index is -0.390. The van der Waals surface area contributed by atoms with Gasteiger partial charge in [-0.15, -0.1) is 0 Å². The summed E-state index contributed by atoms with van der Waals surface area (Å²) in [6, 6.07) is 0. The van der Waals surface area contributed by atoms with E-state index in [1.165, 1.54) is 0 Å². The van der Waals surface area contributed by atoms with E-state index < -0.39 is 0 Å². The summed E-state index contributed by atoms with van der Waals surface area (Å²) in [7, 11) is 0. The molecule has 3 nitrogen and oxygen atoms in total. The summed E-state index contributed by atoms with van der Waals surface area (Å²) in [6.07, 6.45) is 0.352. The molecule has 2 rings (SSSR count). The molecule has 2 aliphatic heterocycles. The van der Waals surface area contributed by atoms with E-state index in [0.717, 1.165) is 0 Å². The van der Waals surface area contributed by atoms with Crippen molar-refractivity contribution in [2.75, 3.05) is 13.2 Å². The van der Waals surface area contributed by atoms with Crippen molar-refractivity contribution in [3.05, 3.63) is 0 Å². The highest BCUT2D eigenvalue weighted by Crippen LogP contribution is 2.31. The summed E-state index contributed by atoms with van der Waals surface area (Å²) in [5.74, 6) is -0.390. The maximum Gasteiger partial charge on any atom is 0.163 e. The first-order chi connectivity index (χ1) is 4.67. The summed E-state index contributed by atoms with van der Waals surface area (Å²) in [6.45, 7) is 5.25. The first kappa shape index (κ1) is 6.58. The van der Waals surface area contributed by atoms with Crippen LogP contribution in [0.2, 0.25) is 0 Å². The molecule has 10 heavy (non-hydrogen) atoms. The molecule has 2 aliphatic rings.